The number of aromatic nitrogens is 1. The standard InChI is InChI=1S/C19H29N5/c1-20-19(22-12-10-17-7-3-2-4-8-17)24-15-13-23(14-16-24)18-9-5-6-11-21-18/h5-7,9,11H,2-4,8,10,12-16H2,1H3,(H,20,22). The summed E-state index contributed by atoms with van der Waals surface area (Å²) in [6, 6.07) is 6.10. The van der Waals surface area contributed by atoms with E-state index in [4.69, 9.17) is 0 Å². The summed E-state index contributed by atoms with van der Waals surface area (Å²) in [5, 5.41) is 3.54. The Hall–Kier alpha value is -2.04. The van der Waals surface area contributed by atoms with E-state index in [1.54, 1.807) is 5.57 Å². The van der Waals surface area contributed by atoms with Crippen LogP contribution in [-0.2, 0) is 0 Å². The van der Waals surface area contributed by atoms with E-state index in [2.05, 4.69) is 43.3 Å². The van der Waals surface area contributed by atoms with Crippen molar-refractivity contribution >= 4 is 11.8 Å². The minimum absolute atomic E-state index is 0.985. The first kappa shape index (κ1) is 16.8. The zero-order valence-corrected chi connectivity index (χ0v) is 14.7. The van der Waals surface area contributed by atoms with Gasteiger partial charge in [0.1, 0.15) is 5.82 Å². The van der Waals surface area contributed by atoms with Crippen molar-refractivity contribution in [2.45, 2.75) is 32.1 Å². The van der Waals surface area contributed by atoms with Crippen molar-refractivity contribution < 1.29 is 0 Å². The Morgan fingerprint density at radius 1 is 1.21 bits per heavy atom. The van der Waals surface area contributed by atoms with E-state index in [1.165, 1.54) is 25.7 Å². The molecule has 1 aromatic rings. The van der Waals surface area contributed by atoms with Gasteiger partial charge in [-0.05, 0) is 44.2 Å². The fourth-order valence-electron chi connectivity index (χ4n) is 3.49. The molecule has 0 unspecified atom stereocenters. The first-order valence-electron chi connectivity index (χ1n) is 9.16. The second-order valence-corrected chi connectivity index (χ2v) is 6.49. The monoisotopic (exact) mass is 327 g/mol. The third kappa shape index (κ3) is 4.49. The molecule has 2 aliphatic rings. The third-order valence-electron chi connectivity index (χ3n) is 4.88. The maximum atomic E-state index is 4.47. The molecule has 3 rings (SSSR count). The number of guanidine groups is 1. The summed E-state index contributed by atoms with van der Waals surface area (Å²) in [5.74, 6) is 2.11. The Labute approximate surface area is 145 Å². The molecule has 0 radical (unpaired) electrons. The lowest BCUT2D eigenvalue weighted by Crippen LogP contribution is -2.52. The van der Waals surface area contributed by atoms with E-state index in [1.807, 2.05) is 19.3 Å². The van der Waals surface area contributed by atoms with Crippen molar-refractivity contribution in [3.8, 4) is 0 Å². The highest BCUT2D eigenvalue weighted by Gasteiger charge is 2.20. The quantitative estimate of drug-likeness (QED) is 0.524. The highest BCUT2D eigenvalue weighted by molar-refractivity contribution is 5.80. The first-order valence-corrected chi connectivity index (χ1v) is 9.16. The van der Waals surface area contributed by atoms with Crippen molar-refractivity contribution in [2.24, 2.45) is 4.99 Å². The molecule has 0 saturated carbocycles. The number of aliphatic imine (C=N–C) groups is 1. The molecule has 0 bridgehead atoms. The summed E-state index contributed by atoms with van der Waals surface area (Å²) in [4.78, 5) is 13.6. The Bertz CT molecular complexity index is 558. The van der Waals surface area contributed by atoms with Crippen LogP contribution in [0.3, 0.4) is 0 Å². The van der Waals surface area contributed by atoms with Crippen LogP contribution in [0.4, 0.5) is 5.82 Å². The van der Waals surface area contributed by atoms with Gasteiger partial charge in [-0.1, -0.05) is 17.7 Å². The molecular weight excluding hydrogens is 298 g/mol. The summed E-state index contributed by atoms with van der Waals surface area (Å²) < 4.78 is 0. The minimum Gasteiger partial charge on any atom is -0.356 e. The molecule has 0 atom stereocenters. The smallest absolute Gasteiger partial charge is 0.193 e. The van der Waals surface area contributed by atoms with Gasteiger partial charge < -0.3 is 15.1 Å². The predicted octanol–water partition coefficient (Wildman–Crippen LogP) is 2.67. The van der Waals surface area contributed by atoms with Gasteiger partial charge in [-0.3, -0.25) is 4.99 Å². The summed E-state index contributed by atoms with van der Waals surface area (Å²) in [7, 11) is 1.88. The fraction of sp³-hybridized carbons (Fsp3) is 0.579. The maximum Gasteiger partial charge on any atom is 0.193 e. The van der Waals surface area contributed by atoms with Crippen molar-refractivity contribution in [1.82, 2.24) is 15.2 Å². The molecule has 1 aliphatic carbocycles. The zero-order chi connectivity index (χ0) is 16.6. The number of nitrogens with one attached hydrogen (secondary N) is 1. The summed E-state index contributed by atoms with van der Waals surface area (Å²) in [5.41, 5.74) is 1.61. The van der Waals surface area contributed by atoms with Gasteiger partial charge in [0.15, 0.2) is 5.96 Å². The van der Waals surface area contributed by atoms with Crippen molar-refractivity contribution in [1.29, 1.82) is 0 Å². The zero-order valence-electron chi connectivity index (χ0n) is 14.7. The molecule has 1 fully saturated rings. The van der Waals surface area contributed by atoms with Gasteiger partial charge in [-0.15, -0.1) is 0 Å². The number of piperazine rings is 1. The molecule has 1 aromatic heterocycles. The molecule has 1 N–H and O–H groups in total. The Balaban J connectivity index is 1.44. The SMILES string of the molecule is CN=C(NCCC1=CCCCC1)N1CCN(c2ccccn2)CC1. The fourth-order valence-corrected chi connectivity index (χ4v) is 3.49. The van der Waals surface area contributed by atoms with E-state index >= 15 is 0 Å². The van der Waals surface area contributed by atoms with Crippen LogP contribution in [0.2, 0.25) is 0 Å². The van der Waals surface area contributed by atoms with Gasteiger partial charge in [-0.2, -0.15) is 0 Å². The van der Waals surface area contributed by atoms with Gasteiger partial charge in [-0.25, -0.2) is 4.98 Å². The van der Waals surface area contributed by atoms with Crippen LogP contribution in [0.5, 0.6) is 0 Å². The van der Waals surface area contributed by atoms with Crippen LogP contribution in [-0.4, -0.2) is 55.6 Å². The third-order valence-corrected chi connectivity index (χ3v) is 4.88. The highest BCUT2D eigenvalue weighted by atomic mass is 15.4. The Kier molecular flexibility index (Phi) is 6.10. The number of pyridine rings is 1. The topological polar surface area (TPSA) is 43.8 Å². The Morgan fingerprint density at radius 3 is 2.75 bits per heavy atom. The molecule has 24 heavy (non-hydrogen) atoms. The van der Waals surface area contributed by atoms with Crippen LogP contribution in [0.25, 0.3) is 0 Å². The van der Waals surface area contributed by atoms with Gasteiger partial charge in [0.2, 0.25) is 0 Å². The highest BCUT2D eigenvalue weighted by Crippen LogP contribution is 2.19. The lowest BCUT2D eigenvalue weighted by Gasteiger charge is -2.37. The van der Waals surface area contributed by atoms with Crippen LogP contribution < -0.4 is 10.2 Å². The molecule has 5 nitrogen and oxygen atoms in total. The second kappa shape index (κ2) is 8.71. The lowest BCUT2D eigenvalue weighted by atomic mass is 9.97. The summed E-state index contributed by atoms with van der Waals surface area (Å²) in [6.45, 7) is 4.93. The number of hydrogen-bond acceptors (Lipinski definition) is 3. The number of rotatable bonds is 4. The maximum absolute atomic E-state index is 4.47. The molecule has 130 valence electrons. The van der Waals surface area contributed by atoms with Crippen LogP contribution in [0.1, 0.15) is 32.1 Å². The van der Waals surface area contributed by atoms with Gasteiger partial charge in [0.05, 0.1) is 0 Å². The van der Waals surface area contributed by atoms with E-state index in [9.17, 15) is 0 Å². The average molecular weight is 327 g/mol. The van der Waals surface area contributed by atoms with Crippen LogP contribution in [0, 0.1) is 0 Å². The molecule has 0 amide bonds. The molecular formula is C19H29N5. The van der Waals surface area contributed by atoms with Gasteiger partial charge in [0.25, 0.3) is 0 Å². The van der Waals surface area contributed by atoms with E-state index in [0.717, 1.165) is 50.9 Å². The first-order chi connectivity index (χ1) is 11.9. The van der Waals surface area contributed by atoms with Crippen molar-refractivity contribution in [3.63, 3.8) is 0 Å². The van der Waals surface area contributed by atoms with Gasteiger partial charge >= 0.3 is 0 Å². The Morgan fingerprint density at radius 2 is 2.08 bits per heavy atom. The molecule has 0 aromatic carbocycles. The van der Waals surface area contributed by atoms with E-state index < -0.39 is 0 Å². The second-order valence-electron chi connectivity index (χ2n) is 6.49. The molecule has 1 saturated heterocycles. The predicted molar refractivity (Wildman–Crippen MR) is 101 cm³/mol. The molecule has 5 heteroatoms. The summed E-state index contributed by atoms with van der Waals surface area (Å²) in [6.07, 6.45) is 10.7. The van der Waals surface area contributed by atoms with E-state index in [-0.39, 0.29) is 0 Å². The molecule has 0 spiro atoms. The number of anilines is 1. The number of hydrogen-bond donors (Lipinski definition) is 1. The normalized spacial score (nSPS) is 19.2. The van der Waals surface area contributed by atoms with Gasteiger partial charge in [0, 0.05) is 46.0 Å². The summed E-state index contributed by atoms with van der Waals surface area (Å²) >= 11 is 0. The van der Waals surface area contributed by atoms with E-state index in [0.29, 0.717) is 0 Å². The largest absolute Gasteiger partial charge is 0.356 e. The van der Waals surface area contributed by atoms with Crippen LogP contribution in [0.15, 0.2) is 41.0 Å². The molecule has 1 aliphatic heterocycles. The molecule has 2 heterocycles. The number of nitrogens with zero attached hydrogens (tertiary/aromatic N) is 4. The lowest BCUT2D eigenvalue weighted by molar-refractivity contribution is 0.371. The average Bonchev–Trinajstić information content (AvgIpc) is 2.67. The number of allylic oxidation sites excluding steroid dienone is 1. The van der Waals surface area contributed by atoms with Crippen molar-refractivity contribution in [3.05, 3.63) is 36.0 Å². The van der Waals surface area contributed by atoms with Crippen molar-refractivity contribution in [2.75, 3.05) is 44.7 Å². The van der Waals surface area contributed by atoms with Crippen LogP contribution >= 0.6 is 0 Å². The minimum atomic E-state index is 0.985.